The molecule has 4 rings (SSSR count). The van der Waals surface area contributed by atoms with Gasteiger partial charge in [0.05, 0.1) is 5.39 Å². The molecule has 0 radical (unpaired) electrons. The fourth-order valence-corrected chi connectivity index (χ4v) is 4.46. The second-order valence-electron chi connectivity index (χ2n) is 8.80. The number of benzene rings is 2. The highest BCUT2D eigenvalue weighted by atomic mass is 16.2. The number of piperidine rings is 1. The average Bonchev–Trinajstić information content (AvgIpc) is 2.75. The zero-order valence-corrected chi connectivity index (χ0v) is 18.1. The molecule has 1 saturated heterocycles. The van der Waals surface area contributed by atoms with Crippen molar-refractivity contribution in [3.8, 4) is 0 Å². The SMILES string of the molecule is C[C@@H]1C[C@H](C)CN(Cc2ccc(CNC(=O)Cn3nnc4ccccc4c3=O)cc2)C1. The van der Waals surface area contributed by atoms with Crippen LogP contribution in [0.25, 0.3) is 10.9 Å². The fraction of sp³-hybridized carbons (Fsp3) is 0.417. The second kappa shape index (κ2) is 9.39. The zero-order chi connectivity index (χ0) is 21.8. The van der Waals surface area contributed by atoms with E-state index in [1.807, 2.05) is 0 Å². The quantitative estimate of drug-likeness (QED) is 0.664. The first kappa shape index (κ1) is 21.2. The van der Waals surface area contributed by atoms with Crippen molar-refractivity contribution in [1.29, 1.82) is 0 Å². The summed E-state index contributed by atoms with van der Waals surface area (Å²) < 4.78 is 1.10. The lowest BCUT2D eigenvalue weighted by atomic mass is 9.91. The van der Waals surface area contributed by atoms with E-state index in [9.17, 15) is 9.59 Å². The first-order chi connectivity index (χ1) is 15.0. The summed E-state index contributed by atoms with van der Waals surface area (Å²) in [6.45, 7) is 8.17. The summed E-state index contributed by atoms with van der Waals surface area (Å²) in [6, 6.07) is 15.3. The first-order valence-electron chi connectivity index (χ1n) is 10.9. The molecule has 7 heteroatoms. The third-order valence-electron chi connectivity index (χ3n) is 5.79. The van der Waals surface area contributed by atoms with Gasteiger partial charge in [-0.05, 0) is 41.5 Å². The summed E-state index contributed by atoms with van der Waals surface area (Å²) in [5.74, 6) is 1.23. The standard InChI is InChI=1S/C24H29N5O2/c1-17-11-18(2)14-28(13-17)15-20-9-7-19(8-10-20)12-25-23(30)16-29-24(31)21-5-3-4-6-22(21)26-27-29/h3-10,17-18H,11-16H2,1-2H3,(H,25,30)/t17-,18+. The summed E-state index contributed by atoms with van der Waals surface area (Å²) in [5, 5.41) is 11.2. The Labute approximate surface area is 182 Å². The number of aromatic nitrogens is 3. The Kier molecular flexibility index (Phi) is 6.42. The molecule has 1 N–H and O–H groups in total. The van der Waals surface area contributed by atoms with E-state index in [-0.39, 0.29) is 18.0 Å². The van der Waals surface area contributed by atoms with Crippen molar-refractivity contribution in [2.75, 3.05) is 13.1 Å². The number of nitrogens with zero attached hydrogens (tertiary/aromatic N) is 4. The Bertz CT molecular complexity index is 1100. The fourth-order valence-electron chi connectivity index (χ4n) is 4.46. The number of hydrogen-bond acceptors (Lipinski definition) is 5. The largest absolute Gasteiger partial charge is 0.350 e. The molecule has 31 heavy (non-hydrogen) atoms. The van der Waals surface area contributed by atoms with Gasteiger partial charge in [0.15, 0.2) is 0 Å². The highest BCUT2D eigenvalue weighted by Crippen LogP contribution is 2.22. The number of carbonyl (C=O) groups is 1. The van der Waals surface area contributed by atoms with E-state index in [0.29, 0.717) is 17.4 Å². The van der Waals surface area contributed by atoms with Crippen LogP contribution >= 0.6 is 0 Å². The van der Waals surface area contributed by atoms with Gasteiger partial charge in [-0.3, -0.25) is 14.5 Å². The molecule has 0 spiro atoms. The van der Waals surface area contributed by atoms with Crippen LogP contribution in [0, 0.1) is 11.8 Å². The molecule has 2 aromatic carbocycles. The lowest BCUT2D eigenvalue weighted by Gasteiger charge is -2.35. The maximum Gasteiger partial charge on any atom is 0.278 e. The molecule has 0 aliphatic carbocycles. The molecular formula is C24H29N5O2. The van der Waals surface area contributed by atoms with Crippen molar-refractivity contribution in [2.24, 2.45) is 11.8 Å². The Morgan fingerprint density at radius 3 is 2.45 bits per heavy atom. The number of likely N-dealkylation sites (tertiary alicyclic amines) is 1. The number of hydrogen-bond donors (Lipinski definition) is 1. The molecular weight excluding hydrogens is 390 g/mol. The molecule has 0 saturated carbocycles. The first-order valence-corrected chi connectivity index (χ1v) is 10.9. The van der Waals surface area contributed by atoms with Crippen LogP contribution in [0.4, 0.5) is 0 Å². The molecule has 1 amide bonds. The lowest BCUT2D eigenvalue weighted by Crippen LogP contribution is -2.38. The molecule has 162 valence electrons. The highest BCUT2D eigenvalue weighted by molar-refractivity contribution is 5.78. The summed E-state index contributed by atoms with van der Waals surface area (Å²) in [4.78, 5) is 27.3. The average molecular weight is 420 g/mol. The summed E-state index contributed by atoms with van der Waals surface area (Å²) in [7, 11) is 0. The zero-order valence-electron chi connectivity index (χ0n) is 18.1. The lowest BCUT2D eigenvalue weighted by molar-refractivity contribution is -0.122. The van der Waals surface area contributed by atoms with Gasteiger partial charge in [0.2, 0.25) is 5.91 Å². The van der Waals surface area contributed by atoms with Gasteiger partial charge in [-0.25, -0.2) is 4.68 Å². The van der Waals surface area contributed by atoms with E-state index in [0.717, 1.165) is 41.7 Å². The van der Waals surface area contributed by atoms with Crippen LogP contribution in [0.15, 0.2) is 53.3 Å². The van der Waals surface area contributed by atoms with Crippen LogP contribution in [0.5, 0.6) is 0 Å². The minimum Gasteiger partial charge on any atom is -0.350 e. The van der Waals surface area contributed by atoms with Crippen LogP contribution < -0.4 is 10.9 Å². The van der Waals surface area contributed by atoms with Gasteiger partial charge in [0.1, 0.15) is 12.1 Å². The molecule has 2 atom stereocenters. The molecule has 1 aliphatic heterocycles. The van der Waals surface area contributed by atoms with Crippen molar-refractivity contribution in [3.05, 3.63) is 70.0 Å². The Balaban J connectivity index is 1.31. The number of fused-ring (bicyclic) bond motifs is 1. The van der Waals surface area contributed by atoms with Crippen molar-refractivity contribution in [1.82, 2.24) is 25.2 Å². The van der Waals surface area contributed by atoms with Crippen LogP contribution in [0.2, 0.25) is 0 Å². The van der Waals surface area contributed by atoms with E-state index in [1.54, 1.807) is 24.3 Å². The third-order valence-corrected chi connectivity index (χ3v) is 5.79. The number of carbonyl (C=O) groups excluding carboxylic acids is 1. The monoisotopic (exact) mass is 419 g/mol. The Morgan fingerprint density at radius 1 is 1.03 bits per heavy atom. The minimum absolute atomic E-state index is 0.153. The summed E-state index contributed by atoms with van der Waals surface area (Å²) in [5.41, 5.74) is 2.52. The van der Waals surface area contributed by atoms with Crippen LogP contribution in [-0.4, -0.2) is 38.9 Å². The van der Waals surface area contributed by atoms with Crippen molar-refractivity contribution >= 4 is 16.8 Å². The predicted molar refractivity (Wildman–Crippen MR) is 120 cm³/mol. The van der Waals surface area contributed by atoms with Gasteiger partial charge in [0, 0.05) is 26.2 Å². The van der Waals surface area contributed by atoms with Gasteiger partial charge in [-0.15, -0.1) is 5.10 Å². The van der Waals surface area contributed by atoms with Gasteiger partial charge in [0.25, 0.3) is 5.56 Å². The third kappa shape index (κ3) is 5.35. The van der Waals surface area contributed by atoms with Gasteiger partial charge in [-0.2, -0.15) is 0 Å². The van der Waals surface area contributed by atoms with Crippen LogP contribution in [-0.2, 0) is 24.4 Å². The van der Waals surface area contributed by atoms with E-state index in [4.69, 9.17) is 0 Å². The molecule has 2 heterocycles. The number of rotatable bonds is 6. The molecule has 1 aliphatic rings. The van der Waals surface area contributed by atoms with Crippen LogP contribution in [0.3, 0.4) is 0 Å². The normalized spacial score (nSPS) is 19.4. The number of amides is 1. The van der Waals surface area contributed by atoms with Crippen molar-refractivity contribution in [3.63, 3.8) is 0 Å². The molecule has 1 aromatic heterocycles. The maximum atomic E-state index is 12.5. The second-order valence-corrected chi connectivity index (χ2v) is 8.80. The van der Waals surface area contributed by atoms with E-state index >= 15 is 0 Å². The molecule has 1 fully saturated rings. The van der Waals surface area contributed by atoms with E-state index < -0.39 is 0 Å². The maximum absolute atomic E-state index is 12.5. The molecule has 3 aromatic rings. The highest BCUT2D eigenvalue weighted by Gasteiger charge is 2.21. The van der Waals surface area contributed by atoms with Gasteiger partial charge < -0.3 is 5.32 Å². The van der Waals surface area contributed by atoms with Crippen molar-refractivity contribution in [2.45, 2.75) is 39.9 Å². The Morgan fingerprint density at radius 2 is 1.71 bits per heavy atom. The van der Waals surface area contributed by atoms with Gasteiger partial charge >= 0.3 is 0 Å². The summed E-state index contributed by atoms with van der Waals surface area (Å²) in [6.07, 6.45) is 1.31. The number of nitrogens with one attached hydrogen (secondary N) is 1. The topological polar surface area (TPSA) is 80.1 Å². The van der Waals surface area contributed by atoms with Crippen molar-refractivity contribution < 1.29 is 4.79 Å². The van der Waals surface area contributed by atoms with Crippen LogP contribution in [0.1, 0.15) is 31.4 Å². The van der Waals surface area contributed by atoms with E-state index in [1.165, 1.54) is 12.0 Å². The Hall–Kier alpha value is -3.06. The smallest absolute Gasteiger partial charge is 0.278 e. The summed E-state index contributed by atoms with van der Waals surface area (Å²) >= 11 is 0. The van der Waals surface area contributed by atoms with Gasteiger partial charge in [-0.1, -0.05) is 55.5 Å². The molecule has 7 nitrogen and oxygen atoms in total. The van der Waals surface area contributed by atoms with E-state index in [2.05, 4.69) is 58.6 Å². The predicted octanol–water partition coefficient (Wildman–Crippen LogP) is 2.59. The minimum atomic E-state index is -0.313. The molecule has 0 unspecified atom stereocenters. The molecule has 0 bridgehead atoms.